The van der Waals surface area contributed by atoms with Crippen LogP contribution < -0.4 is 5.56 Å². The Bertz CT molecular complexity index is 1130. The van der Waals surface area contributed by atoms with Crippen molar-refractivity contribution >= 4 is 32.8 Å². The molecule has 0 unspecified atom stereocenters. The highest BCUT2D eigenvalue weighted by molar-refractivity contribution is 6.12. The Morgan fingerprint density at radius 1 is 0.960 bits per heavy atom. The first-order valence-electron chi connectivity index (χ1n) is 8.98. The quantitative estimate of drug-likeness (QED) is 0.591. The highest BCUT2D eigenvalue weighted by Gasteiger charge is 2.15. The molecule has 4 heteroatoms. The van der Waals surface area contributed by atoms with Crippen LogP contribution in [0.2, 0.25) is 0 Å². The van der Waals surface area contributed by atoms with E-state index in [1.807, 2.05) is 24.3 Å². The lowest BCUT2D eigenvalue weighted by Crippen LogP contribution is -2.28. The van der Waals surface area contributed by atoms with Crippen LogP contribution in [0.4, 0.5) is 0 Å². The number of H-pyrrole nitrogens is 1. The van der Waals surface area contributed by atoms with Gasteiger partial charge >= 0.3 is 0 Å². The number of nitrogens with one attached hydrogen (secondary N) is 1. The first-order chi connectivity index (χ1) is 12.3. The lowest BCUT2D eigenvalue weighted by atomic mass is 10.1. The van der Waals surface area contributed by atoms with Gasteiger partial charge in [0.15, 0.2) is 5.58 Å². The Hall–Kier alpha value is -2.59. The molecule has 4 aromatic rings. The number of aromatic amines is 1. The molecule has 0 aliphatic carbocycles. The summed E-state index contributed by atoms with van der Waals surface area (Å²) in [4.78, 5) is 17.9. The van der Waals surface area contributed by atoms with Gasteiger partial charge in [-0.25, -0.2) is 0 Å². The fourth-order valence-corrected chi connectivity index (χ4v) is 3.99. The van der Waals surface area contributed by atoms with Gasteiger partial charge in [0.05, 0.1) is 10.9 Å². The van der Waals surface area contributed by atoms with E-state index in [-0.39, 0.29) is 5.56 Å². The third-order valence-corrected chi connectivity index (χ3v) is 5.26. The minimum Gasteiger partial charge on any atom is -0.454 e. The lowest BCUT2D eigenvalue weighted by Gasteiger charge is -2.26. The molecule has 0 radical (unpaired) electrons. The van der Waals surface area contributed by atoms with Crippen LogP contribution in [0.3, 0.4) is 0 Å². The number of hydrogen-bond donors (Lipinski definition) is 1. The molecule has 0 saturated carbocycles. The fraction of sp³-hybridized carbons (Fsp3) is 0.286. The average Bonchev–Trinajstić information content (AvgIpc) is 3.01. The van der Waals surface area contributed by atoms with Crippen LogP contribution in [0.25, 0.3) is 32.8 Å². The van der Waals surface area contributed by atoms with Crippen LogP contribution in [0.15, 0.2) is 51.7 Å². The van der Waals surface area contributed by atoms with E-state index in [1.54, 1.807) is 0 Å². The molecule has 3 heterocycles. The molecule has 2 aromatic heterocycles. The summed E-state index contributed by atoms with van der Waals surface area (Å²) in [5.74, 6) is 0. The molecule has 0 bridgehead atoms. The van der Waals surface area contributed by atoms with E-state index in [9.17, 15) is 4.79 Å². The van der Waals surface area contributed by atoms with Crippen LogP contribution >= 0.6 is 0 Å². The molecule has 25 heavy (non-hydrogen) atoms. The van der Waals surface area contributed by atoms with E-state index in [4.69, 9.17) is 4.42 Å². The normalized spacial score (nSPS) is 16.2. The minimum atomic E-state index is -0.0665. The SMILES string of the molecule is O=c1[nH]c2c3ccc(CN4CCCCC4)cc3oc2c2ccccc12. The number of benzene rings is 2. The summed E-state index contributed by atoms with van der Waals surface area (Å²) in [7, 11) is 0. The minimum absolute atomic E-state index is 0.0665. The predicted molar refractivity (Wildman–Crippen MR) is 101 cm³/mol. The molecule has 126 valence electrons. The highest BCUT2D eigenvalue weighted by atomic mass is 16.3. The molecule has 1 N–H and O–H groups in total. The molecular formula is C21H20N2O2. The third kappa shape index (κ3) is 2.45. The van der Waals surface area contributed by atoms with Crippen molar-refractivity contribution in [3.8, 4) is 0 Å². The van der Waals surface area contributed by atoms with Crippen LogP contribution in [0, 0.1) is 0 Å². The molecule has 2 aromatic carbocycles. The van der Waals surface area contributed by atoms with E-state index < -0.39 is 0 Å². The summed E-state index contributed by atoms with van der Waals surface area (Å²) in [5, 5.41) is 2.51. The maximum absolute atomic E-state index is 12.4. The van der Waals surface area contributed by atoms with Gasteiger partial charge in [-0.15, -0.1) is 0 Å². The number of likely N-dealkylation sites (tertiary alicyclic amines) is 1. The zero-order valence-corrected chi connectivity index (χ0v) is 14.0. The number of nitrogens with zero attached hydrogens (tertiary/aromatic N) is 1. The highest BCUT2D eigenvalue weighted by Crippen LogP contribution is 2.31. The molecular weight excluding hydrogens is 312 g/mol. The van der Waals surface area contributed by atoms with Crippen molar-refractivity contribution in [1.29, 1.82) is 0 Å². The number of furan rings is 1. The molecule has 5 rings (SSSR count). The summed E-state index contributed by atoms with van der Waals surface area (Å²) in [5.41, 5.74) is 3.60. The second kappa shape index (κ2) is 5.74. The van der Waals surface area contributed by atoms with E-state index in [1.165, 1.54) is 37.9 Å². The van der Waals surface area contributed by atoms with Gasteiger partial charge in [0.1, 0.15) is 5.58 Å². The van der Waals surface area contributed by atoms with Crippen molar-refractivity contribution in [1.82, 2.24) is 9.88 Å². The van der Waals surface area contributed by atoms with E-state index in [2.05, 4.69) is 28.1 Å². The van der Waals surface area contributed by atoms with Crippen molar-refractivity contribution in [2.24, 2.45) is 0 Å². The number of fused-ring (bicyclic) bond motifs is 5. The van der Waals surface area contributed by atoms with Crippen molar-refractivity contribution in [2.45, 2.75) is 25.8 Å². The number of hydrogen-bond acceptors (Lipinski definition) is 3. The Balaban J connectivity index is 1.65. The zero-order valence-electron chi connectivity index (χ0n) is 14.0. The largest absolute Gasteiger partial charge is 0.454 e. The Morgan fingerprint density at radius 3 is 2.60 bits per heavy atom. The predicted octanol–water partition coefficient (Wildman–Crippen LogP) is 4.41. The van der Waals surface area contributed by atoms with Gasteiger partial charge in [-0.2, -0.15) is 0 Å². The van der Waals surface area contributed by atoms with Gasteiger partial charge in [0, 0.05) is 17.3 Å². The molecule has 1 aliphatic rings. The summed E-state index contributed by atoms with van der Waals surface area (Å²) >= 11 is 0. The molecule has 4 nitrogen and oxygen atoms in total. The van der Waals surface area contributed by atoms with Gasteiger partial charge in [0.25, 0.3) is 5.56 Å². The van der Waals surface area contributed by atoms with Crippen LogP contribution in [-0.4, -0.2) is 23.0 Å². The van der Waals surface area contributed by atoms with Crippen LogP contribution in [-0.2, 0) is 6.54 Å². The van der Waals surface area contributed by atoms with Crippen molar-refractivity contribution < 1.29 is 4.42 Å². The third-order valence-electron chi connectivity index (χ3n) is 5.26. The van der Waals surface area contributed by atoms with Crippen LogP contribution in [0.1, 0.15) is 24.8 Å². The number of pyridine rings is 1. The van der Waals surface area contributed by atoms with Crippen molar-refractivity contribution in [2.75, 3.05) is 13.1 Å². The van der Waals surface area contributed by atoms with Gasteiger partial charge in [-0.05, 0) is 49.7 Å². The summed E-state index contributed by atoms with van der Waals surface area (Å²) in [6, 6.07) is 14.0. The number of aromatic nitrogens is 1. The average molecular weight is 332 g/mol. The topological polar surface area (TPSA) is 49.2 Å². The summed E-state index contributed by atoms with van der Waals surface area (Å²) in [6.45, 7) is 3.32. The Morgan fingerprint density at radius 2 is 1.76 bits per heavy atom. The lowest BCUT2D eigenvalue weighted by molar-refractivity contribution is 0.221. The summed E-state index contributed by atoms with van der Waals surface area (Å²) < 4.78 is 6.16. The van der Waals surface area contributed by atoms with Gasteiger partial charge in [-0.3, -0.25) is 9.69 Å². The molecule has 1 fully saturated rings. The second-order valence-electron chi connectivity index (χ2n) is 6.97. The molecule has 0 amide bonds. The maximum Gasteiger partial charge on any atom is 0.256 e. The van der Waals surface area contributed by atoms with Crippen molar-refractivity contribution in [3.05, 3.63) is 58.4 Å². The Kier molecular flexibility index (Phi) is 3.38. The summed E-state index contributed by atoms with van der Waals surface area (Å²) in [6.07, 6.45) is 3.93. The van der Waals surface area contributed by atoms with Gasteiger partial charge < -0.3 is 9.40 Å². The standard InChI is InChI=1S/C21H20N2O2/c24-21-16-7-3-2-6-15(16)20-19(22-21)17-9-8-14(12-18(17)25-20)13-23-10-4-1-5-11-23/h2-3,6-9,12H,1,4-5,10-11,13H2,(H,22,24). The molecule has 1 aliphatic heterocycles. The molecule has 0 spiro atoms. The Labute approximate surface area is 145 Å². The van der Waals surface area contributed by atoms with Gasteiger partial charge in [-0.1, -0.05) is 30.7 Å². The maximum atomic E-state index is 12.4. The number of piperidine rings is 1. The molecule has 1 saturated heterocycles. The van der Waals surface area contributed by atoms with Gasteiger partial charge in [0.2, 0.25) is 0 Å². The zero-order chi connectivity index (χ0) is 16.8. The monoisotopic (exact) mass is 332 g/mol. The first-order valence-corrected chi connectivity index (χ1v) is 8.98. The van der Waals surface area contributed by atoms with Crippen molar-refractivity contribution in [3.63, 3.8) is 0 Å². The first kappa shape index (κ1) is 14.7. The molecule has 0 atom stereocenters. The number of rotatable bonds is 2. The fourth-order valence-electron chi connectivity index (χ4n) is 3.99. The smallest absolute Gasteiger partial charge is 0.256 e. The van der Waals surface area contributed by atoms with E-state index in [0.717, 1.165) is 34.0 Å². The van der Waals surface area contributed by atoms with E-state index >= 15 is 0 Å². The second-order valence-corrected chi connectivity index (χ2v) is 6.97. The van der Waals surface area contributed by atoms with E-state index in [0.29, 0.717) is 5.39 Å². The van der Waals surface area contributed by atoms with Crippen LogP contribution in [0.5, 0.6) is 0 Å².